The summed E-state index contributed by atoms with van der Waals surface area (Å²) in [6.45, 7) is 17.8. The van der Waals surface area contributed by atoms with Gasteiger partial charge in [-0.1, -0.05) is 0 Å². The Hall–Kier alpha value is -2.82. The van der Waals surface area contributed by atoms with Crippen molar-refractivity contribution in [1.82, 2.24) is 0 Å². The van der Waals surface area contributed by atoms with Crippen molar-refractivity contribution in [3.63, 3.8) is 0 Å². The Morgan fingerprint density at radius 1 is 0.725 bits per heavy atom. The van der Waals surface area contributed by atoms with Gasteiger partial charge in [0.15, 0.2) is 0 Å². The molecule has 0 aromatic heterocycles. The molecule has 0 aliphatic carbocycles. The van der Waals surface area contributed by atoms with Gasteiger partial charge in [-0.15, -0.1) is 0 Å². The van der Waals surface area contributed by atoms with Gasteiger partial charge in [-0.05, 0) is 0 Å². The van der Waals surface area contributed by atoms with E-state index < -0.39 is 26.5 Å². The number of ether oxygens (including phenoxy) is 1. The van der Waals surface area contributed by atoms with Crippen LogP contribution >= 0.6 is 0 Å². The number of benzene rings is 4. The van der Waals surface area contributed by atoms with E-state index in [4.69, 9.17) is 11.3 Å². The average molecular weight is 650 g/mol. The van der Waals surface area contributed by atoms with Crippen LogP contribution in [0, 0.1) is 5.92 Å². The molecular formula is C37H42OSiSn. The predicted octanol–water partition coefficient (Wildman–Crippen LogP) is 7.61. The fourth-order valence-corrected chi connectivity index (χ4v) is 20.5. The zero-order chi connectivity index (χ0) is 28.4. The fourth-order valence-electron chi connectivity index (χ4n) is 6.04. The first kappa shape index (κ1) is 28.7. The van der Waals surface area contributed by atoms with Crippen LogP contribution in [0.2, 0.25) is 18.1 Å². The van der Waals surface area contributed by atoms with Crippen molar-refractivity contribution in [3.05, 3.63) is 149 Å². The van der Waals surface area contributed by atoms with E-state index in [1.165, 1.54) is 21.5 Å². The first-order chi connectivity index (χ1) is 19.2. The van der Waals surface area contributed by atoms with Gasteiger partial charge in [0.25, 0.3) is 0 Å². The summed E-state index contributed by atoms with van der Waals surface area (Å²) in [5, 5.41) is 1.59. The van der Waals surface area contributed by atoms with Gasteiger partial charge in [0, 0.05) is 0 Å². The second-order valence-corrected chi connectivity index (χ2v) is 28.4. The summed E-state index contributed by atoms with van der Waals surface area (Å²) in [6, 6.07) is 44.6. The predicted molar refractivity (Wildman–Crippen MR) is 177 cm³/mol. The molecular weight excluding hydrogens is 607 g/mol. The molecule has 2 atom stereocenters. The van der Waals surface area contributed by atoms with Crippen molar-refractivity contribution in [1.29, 1.82) is 0 Å². The van der Waals surface area contributed by atoms with Gasteiger partial charge in [-0.25, -0.2) is 0 Å². The Morgan fingerprint density at radius 2 is 1.12 bits per heavy atom. The van der Waals surface area contributed by atoms with Gasteiger partial charge >= 0.3 is 248 Å². The summed E-state index contributed by atoms with van der Waals surface area (Å²) >= 11 is -3.70. The molecule has 0 spiro atoms. The normalized spacial score (nSPS) is 18.9. The van der Waals surface area contributed by atoms with E-state index in [-0.39, 0.29) is 16.9 Å². The Bertz CT molecular complexity index is 1360. The molecule has 0 unspecified atom stereocenters. The third kappa shape index (κ3) is 5.28. The van der Waals surface area contributed by atoms with Gasteiger partial charge in [-0.3, -0.25) is 0 Å². The molecule has 0 N–H and O–H groups in total. The van der Waals surface area contributed by atoms with Gasteiger partial charge < -0.3 is 0 Å². The molecule has 1 nitrogen and oxygen atoms in total. The van der Waals surface area contributed by atoms with Crippen molar-refractivity contribution in [2.45, 2.75) is 44.8 Å². The van der Waals surface area contributed by atoms with Crippen molar-refractivity contribution in [2.24, 2.45) is 5.92 Å². The first-order valence-electron chi connectivity index (χ1n) is 14.4. The van der Waals surface area contributed by atoms with E-state index in [9.17, 15) is 0 Å². The molecule has 40 heavy (non-hydrogen) atoms. The van der Waals surface area contributed by atoms with E-state index in [0.717, 1.165) is 5.76 Å². The van der Waals surface area contributed by atoms with Crippen molar-refractivity contribution in [2.75, 3.05) is 6.61 Å². The van der Waals surface area contributed by atoms with Crippen LogP contribution in [-0.4, -0.2) is 33.1 Å². The van der Waals surface area contributed by atoms with E-state index >= 15 is 0 Å². The molecule has 0 amide bonds. The summed E-state index contributed by atoms with van der Waals surface area (Å²) in [4.78, 5) is 0. The molecule has 1 aliphatic heterocycles. The van der Waals surface area contributed by atoms with Crippen LogP contribution in [0.4, 0.5) is 0 Å². The van der Waals surface area contributed by atoms with Crippen LogP contribution in [0.1, 0.15) is 32.3 Å². The molecule has 1 fully saturated rings. The maximum absolute atomic E-state index is 6.86. The standard InChI is InChI=1S/C19H27OSi.3C6H5.Sn/c1-14-18(15(2)21(6,7)19(3,4)5)17(13-20-14)16-11-9-8-10-12-16;3*1-2-4-6-5-3-1;/h1,8-12,17-18H,2,13H2,3-7H3;3*1-5H;/t17-,18-;;;;/m1..../s1. The van der Waals surface area contributed by atoms with E-state index in [1.807, 2.05) is 0 Å². The van der Waals surface area contributed by atoms with Crippen LogP contribution in [0.15, 0.2) is 143 Å². The maximum atomic E-state index is 6.86. The van der Waals surface area contributed by atoms with Crippen molar-refractivity contribution in [3.8, 4) is 0 Å². The second kappa shape index (κ2) is 11.6. The molecule has 1 aliphatic rings. The topological polar surface area (TPSA) is 9.23 Å². The Labute approximate surface area is 246 Å². The molecule has 3 heteroatoms. The summed E-state index contributed by atoms with van der Waals surface area (Å²) in [5.41, 5.74) is 1.34. The van der Waals surface area contributed by atoms with Crippen LogP contribution in [0.5, 0.6) is 0 Å². The summed E-state index contributed by atoms with van der Waals surface area (Å²) in [5.74, 6) is 1.56. The summed E-state index contributed by atoms with van der Waals surface area (Å²) in [7, 11) is -1.89. The van der Waals surface area contributed by atoms with Gasteiger partial charge in [0.05, 0.1) is 0 Å². The Morgan fingerprint density at radius 3 is 1.52 bits per heavy atom. The van der Waals surface area contributed by atoms with Crippen LogP contribution in [0.25, 0.3) is 0 Å². The number of hydrogen-bond donors (Lipinski definition) is 0. The SMILES string of the molecule is C=C([C@H]1/C(=[CH]\[Sn]([c]2ccccc2)([c]2ccccc2)[c]2ccccc2)OC[C@@H]1c1ccccc1)[Si](C)(C)C(C)(C)C. The third-order valence-corrected chi connectivity index (χ3v) is 27.8. The Balaban J connectivity index is 1.79. The zero-order valence-electron chi connectivity index (χ0n) is 24.6. The van der Waals surface area contributed by atoms with Gasteiger partial charge in [-0.2, -0.15) is 0 Å². The van der Waals surface area contributed by atoms with Crippen molar-refractivity contribution >= 4 is 37.2 Å². The number of rotatable bonds is 7. The molecule has 0 bridgehead atoms. The molecule has 0 saturated carbocycles. The first-order valence-corrected chi connectivity index (χ1v) is 23.4. The second-order valence-electron chi connectivity index (χ2n) is 12.7. The van der Waals surface area contributed by atoms with Crippen LogP contribution < -0.4 is 10.7 Å². The molecule has 1 heterocycles. The summed E-state index contributed by atoms with van der Waals surface area (Å²) in [6.07, 6.45) is 0. The molecule has 0 radical (unpaired) electrons. The van der Waals surface area contributed by atoms with Crippen LogP contribution in [0.3, 0.4) is 0 Å². The minimum atomic E-state index is -3.70. The molecule has 4 aromatic carbocycles. The van der Waals surface area contributed by atoms with Crippen LogP contribution in [-0.2, 0) is 4.74 Å². The average Bonchev–Trinajstić information content (AvgIpc) is 3.40. The Kier molecular flexibility index (Phi) is 8.31. The fraction of sp³-hybridized carbons (Fsp3) is 0.243. The number of allylic oxidation sites excluding steroid dienone is 1. The van der Waals surface area contributed by atoms with E-state index in [1.54, 1.807) is 0 Å². The molecule has 204 valence electrons. The molecule has 4 aromatic rings. The van der Waals surface area contributed by atoms with Gasteiger partial charge in [0.1, 0.15) is 0 Å². The summed E-state index contributed by atoms with van der Waals surface area (Å²) < 4.78 is 13.8. The van der Waals surface area contributed by atoms with E-state index in [0.29, 0.717) is 6.61 Å². The minimum absolute atomic E-state index is 0.163. The van der Waals surface area contributed by atoms with Gasteiger partial charge in [0.2, 0.25) is 0 Å². The molecule has 5 rings (SSSR count). The number of hydrogen-bond acceptors (Lipinski definition) is 1. The monoisotopic (exact) mass is 650 g/mol. The molecule has 1 saturated heterocycles. The zero-order valence-corrected chi connectivity index (χ0v) is 28.5. The quantitative estimate of drug-likeness (QED) is 0.187. The van der Waals surface area contributed by atoms with E-state index in [2.05, 4.69) is 159 Å². The third-order valence-electron chi connectivity index (χ3n) is 9.47. The van der Waals surface area contributed by atoms with Crippen molar-refractivity contribution < 1.29 is 4.74 Å².